The Kier molecular flexibility index (Phi) is 7.65. The molecule has 0 aliphatic carbocycles. The van der Waals surface area contributed by atoms with Gasteiger partial charge in [0, 0.05) is 58.9 Å². The monoisotopic (exact) mass is 397 g/mol. The Balaban J connectivity index is 1.40. The first-order valence-corrected chi connectivity index (χ1v) is 10.9. The van der Waals surface area contributed by atoms with Crippen LogP contribution in [0.2, 0.25) is 0 Å². The molecule has 1 aromatic rings. The van der Waals surface area contributed by atoms with Gasteiger partial charge in [-0.05, 0) is 24.0 Å². The van der Waals surface area contributed by atoms with Crippen molar-refractivity contribution in [3.63, 3.8) is 0 Å². The largest absolute Gasteiger partial charge is 0.339 e. The highest BCUT2D eigenvalue weighted by atomic mass is 16.2. The lowest BCUT2D eigenvalue weighted by Crippen LogP contribution is -2.55. The van der Waals surface area contributed by atoms with Gasteiger partial charge in [-0.25, -0.2) is 0 Å². The van der Waals surface area contributed by atoms with Crippen molar-refractivity contribution in [2.45, 2.75) is 33.4 Å². The van der Waals surface area contributed by atoms with E-state index in [9.17, 15) is 10.1 Å². The van der Waals surface area contributed by atoms with E-state index in [4.69, 9.17) is 0 Å². The van der Waals surface area contributed by atoms with Crippen molar-refractivity contribution < 1.29 is 4.79 Å². The number of carbonyl (C=O) groups is 1. The molecule has 0 bridgehead atoms. The van der Waals surface area contributed by atoms with Gasteiger partial charge in [0.15, 0.2) is 0 Å². The summed E-state index contributed by atoms with van der Waals surface area (Å²) in [4.78, 5) is 21.7. The second kappa shape index (κ2) is 10.2. The van der Waals surface area contributed by atoms with E-state index in [1.54, 1.807) is 0 Å². The summed E-state index contributed by atoms with van der Waals surface area (Å²) in [6.07, 6.45) is 0. The van der Waals surface area contributed by atoms with E-state index in [-0.39, 0.29) is 11.9 Å². The van der Waals surface area contributed by atoms with E-state index in [2.05, 4.69) is 65.8 Å². The number of carbonyl (C=O) groups excluding carboxylic acids is 1. The van der Waals surface area contributed by atoms with Crippen LogP contribution in [0.3, 0.4) is 0 Å². The Hall–Kier alpha value is -1.94. The van der Waals surface area contributed by atoms with Crippen LogP contribution in [0.25, 0.3) is 0 Å². The van der Waals surface area contributed by atoms with Gasteiger partial charge in [0.05, 0.1) is 12.6 Å². The van der Waals surface area contributed by atoms with Crippen molar-refractivity contribution in [2.75, 3.05) is 58.9 Å². The molecule has 6 nitrogen and oxygen atoms in total. The van der Waals surface area contributed by atoms with Crippen LogP contribution < -0.4 is 0 Å². The molecule has 0 aromatic heterocycles. The molecule has 0 saturated carbocycles. The van der Waals surface area contributed by atoms with E-state index in [1.807, 2.05) is 4.90 Å². The second-order valence-corrected chi connectivity index (χ2v) is 8.71. The maximum Gasteiger partial charge on any atom is 0.236 e. The third kappa shape index (κ3) is 5.79. The molecular weight excluding hydrogens is 362 g/mol. The lowest BCUT2D eigenvalue weighted by molar-refractivity contribution is -0.134. The summed E-state index contributed by atoms with van der Waals surface area (Å²) in [6.45, 7) is 14.8. The molecule has 2 aliphatic rings. The first-order valence-electron chi connectivity index (χ1n) is 10.9. The summed E-state index contributed by atoms with van der Waals surface area (Å²) in [5.74, 6) is 0.582. The molecule has 2 fully saturated rings. The van der Waals surface area contributed by atoms with Crippen LogP contribution in [0.1, 0.15) is 25.0 Å². The molecule has 1 aromatic carbocycles. The summed E-state index contributed by atoms with van der Waals surface area (Å²) >= 11 is 0. The first kappa shape index (κ1) is 21.8. The van der Waals surface area contributed by atoms with Crippen LogP contribution in [0, 0.1) is 24.2 Å². The first-order chi connectivity index (χ1) is 14.0. The van der Waals surface area contributed by atoms with Crippen molar-refractivity contribution >= 4 is 5.91 Å². The smallest absolute Gasteiger partial charge is 0.236 e. The number of piperazine rings is 2. The zero-order chi connectivity index (χ0) is 20.8. The maximum absolute atomic E-state index is 12.8. The number of benzene rings is 1. The van der Waals surface area contributed by atoms with Crippen LogP contribution in [0.15, 0.2) is 24.3 Å². The van der Waals surface area contributed by atoms with Gasteiger partial charge in [-0.3, -0.25) is 19.5 Å². The van der Waals surface area contributed by atoms with Gasteiger partial charge in [0.25, 0.3) is 0 Å². The molecule has 1 atom stereocenters. The van der Waals surface area contributed by atoms with Crippen LogP contribution in [0.4, 0.5) is 0 Å². The lowest BCUT2D eigenvalue weighted by atomic mass is 10.0. The molecule has 1 amide bonds. The Labute approximate surface area is 175 Å². The minimum absolute atomic E-state index is 0.0193. The summed E-state index contributed by atoms with van der Waals surface area (Å²) < 4.78 is 0. The molecule has 1 unspecified atom stereocenters. The van der Waals surface area contributed by atoms with Crippen molar-refractivity contribution in [2.24, 2.45) is 5.92 Å². The highest BCUT2D eigenvalue weighted by Crippen LogP contribution is 2.15. The Morgan fingerprint density at radius 1 is 1.00 bits per heavy atom. The van der Waals surface area contributed by atoms with Crippen LogP contribution in [-0.4, -0.2) is 90.5 Å². The molecule has 2 aliphatic heterocycles. The molecule has 0 spiro atoms. The molecule has 3 rings (SSSR count). The average Bonchev–Trinajstić information content (AvgIpc) is 2.72. The quantitative estimate of drug-likeness (QED) is 0.733. The number of nitrogens with zero attached hydrogens (tertiary/aromatic N) is 5. The highest BCUT2D eigenvalue weighted by molar-refractivity contribution is 5.78. The van der Waals surface area contributed by atoms with Gasteiger partial charge in [-0.2, -0.15) is 5.26 Å². The summed E-state index contributed by atoms with van der Waals surface area (Å²) in [5, 5.41) is 9.39. The van der Waals surface area contributed by atoms with E-state index in [0.717, 1.165) is 58.9 Å². The standard InChI is InChI=1S/C23H35N5O/c1-19(2)22(16-24)27-12-8-26(9-13-27)18-23(29)28-14-10-25(11-15-28)17-21-7-5-4-6-20(21)3/h4-7,19,22H,8-15,17-18H2,1-3H3. The van der Waals surface area contributed by atoms with Crippen LogP contribution in [-0.2, 0) is 11.3 Å². The van der Waals surface area contributed by atoms with Crippen LogP contribution >= 0.6 is 0 Å². The summed E-state index contributed by atoms with van der Waals surface area (Å²) in [7, 11) is 0. The fourth-order valence-corrected chi connectivity index (χ4v) is 4.33. The third-order valence-corrected chi connectivity index (χ3v) is 6.30. The van der Waals surface area contributed by atoms with E-state index in [1.165, 1.54) is 11.1 Å². The molecule has 158 valence electrons. The fraction of sp³-hybridized carbons (Fsp3) is 0.652. The predicted octanol–water partition coefficient (Wildman–Crippen LogP) is 1.81. The van der Waals surface area contributed by atoms with Crippen molar-refractivity contribution in [3.8, 4) is 6.07 Å². The Morgan fingerprint density at radius 2 is 1.62 bits per heavy atom. The number of rotatable bonds is 6. The lowest BCUT2D eigenvalue weighted by Gasteiger charge is -2.39. The maximum atomic E-state index is 12.8. The minimum Gasteiger partial charge on any atom is -0.339 e. The molecule has 29 heavy (non-hydrogen) atoms. The van der Waals surface area contributed by atoms with E-state index < -0.39 is 0 Å². The SMILES string of the molecule is Cc1ccccc1CN1CCN(C(=O)CN2CCN(C(C#N)C(C)C)CC2)CC1. The number of hydrogen-bond acceptors (Lipinski definition) is 5. The molecule has 2 heterocycles. The summed E-state index contributed by atoms with van der Waals surface area (Å²) in [6, 6.07) is 11.0. The highest BCUT2D eigenvalue weighted by Gasteiger charge is 2.28. The van der Waals surface area contributed by atoms with E-state index in [0.29, 0.717) is 12.5 Å². The van der Waals surface area contributed by atoms with Gasteiger partial charge < -0.3 is 4.90 Å². The molecule has 0 radical (unpaired) electrons. The number of nitriles is 1. The van der Waals surface area contributed by atoms with Crippen molar-refractivity contribution in [3.05, 3.63) is 35.4 Å². The fourth-order valence-electron chi connectivity index (χ4n) is 4.33. The zero-order valence-electron chi connectivity index (χ0n) is 18.2. The average molecular weight is 398 g/mol. The topological polar surface area (TPSA) is 53.8 Å². The number of amides is 1. The minimum atomic E-state index is -0.0193. The van der Waals surface area contributed by atoms with Gasteiger partial charge in [0.2, 0.25) is 5.91 Å². The molecule has 0 N–H and O–H groups in total. The molecule has 6 heteroatoms. The Morgan fingerprint density at radius 3 is 2.21 bits per heavy atom. The second-order valence-electron chi connectivity index (χ2n) is 8.71. The molecule has 2 saturated heterocycles. The normalized spacial score (nSPS) is 20.6. The van der Waals surface area contributed by atoms with Gasteiger partial charge in [0.1, 0.15) is 6.04 Å². The number of hydrogen-bond donors (Lipinski definition) is 0. The Bertz CT molecular complexity index is 712. The predicted molar refractivity (Wildman–Crippen MR) is 115 cm³/mol. The molecular formula is C23H35N5O. The van der Waals surface area contributed by atoms with Crippen LogP contribution in [0.5, 0.6) is 0 Å². The van der Waals surface area contributed by atoms with Crippen molar-refractivity contribution in [1.29, 1.82) is 5.26 Å². The van der Waals surface area contributed by atoms with Gasteiger partial charge in [-0.1, -0.05) is 38.1 Å². The summed E-state index contributed by atoms with van der Waals surface area (Å²) in [5.41, 5.74) is 2.71. The zero-order valence-corrected chi connectivity index (χ0v) is 18.2. The third-order valence-electron chi connectivity index (χ3n) is 6.30. The van der Waals surface area contributed by atoms with E-state index >= 15 is 0 Å². The van der Waals surface area contributed by atoms with Gasteiger partial charge in [-0.15, -0.1) is 0 Å². The van der Waals surface area contributed by atoms with Crippen molar-refractivity contribution in [1.82, 2.24) is 19.6 Å². The van der Waals surface area contributed by atoms with Gasteiger partial charge >= 0.3 is 0 Å². The number of aryl methyl sites for hydroxylation is 1.